The van der Waals surface area contributed by atoms with E-state index in [4.69, 9.17) is 23.2 Å². The second-order valence-electron chi connectivity index (χ2n) is 4.38. The summed E-state index contributed by atoms with van der Waals surface area (Å²) in [7, 11) is 0. The summed E-state index contributed by atoms with van der Waals surface area (Å²) in [5, 5.41) is 8.95. The zero-order chi connectivity index (χ0) is 12.0. The molecular weight excluding hydrogens is 218 g/mol. The van der Waals surface area contributed by atoms with Gasteiger partial charge in [0.1, 0.15) is 5.92 Å². The van der Waals surface area contributed by atoms with Gasteiger partial charge in [-0.2, -0.15) is 5.26 Å². The van der Waals surface area contributed by atoms with Crippen molar-refractivity contribution in [3.63, 3.8) is 0 Å². The average molecular weight is 237 g/mol. The van der Waals surface area contributed by atoms with E-state index in [0.29, 0.717) is 6.04 Å². The smallest absolute Gasteiger partial charge is 0.133 e. The fraction of sp³-hybridized carbons (Fsp3) is 0.750. The lowest BCUT2D eigenvalue weighted by Gasteiger charge is -2.12. The Bertz CT molecular complexity index is 309. The molecule has 0 radical (unpaired) electrons. The number of hydrogen-bond acceptors (Lipinski definition) is 3. The van der Waals surface area contributed by atoms with E-state index in [1.165, 1.54) is 25.7 Å². The van der Waals surface area contributed by atoms with Crippen LogP contribution in [0.25, 0.3) is 0 Å². The maximum atomic E-state index is 8.95. The number of nitriles is 1. The molecule has 0 aromatic rings. The molecule has 0 heterocycles. The van der Waals surface area contributed by atoms with Gasteiger partial charge in [-0.3, -0.25) is 4.99 Å². The average Bonchev–Trinajstić information content (AvgIpc) is 2.46. The van der Waals surface area contributed by atoms with Crippen LogP contribution in [0, 0.1) is 17.2 Å². The Balaban J connectivity index is 2.66. The van der Waals surface area contributed by atoms with E-state index in [0.717, 1.165) is 18.6 Å². The van der Waals surface area contributed by atoms with Crippen molar-refractivity contribution in [2.75, 3.05) is 0 Å². The van der Waals surface area contributed by atoms with Crippen molar-refractivity contribution in [1.29, 1.82) is 5.26 Å². The van der Waals surface area contributed by atoms with E-state index in [9.17, 15) is 0 Å². The molecule has 1 atom stereocenters. The third-order valence-corrected chi connectivity index (χ3v) is 3.28. The molecule has 1 unspecified atom stereocenters. The van der Waals surface area contributed by atoms with Crippen molar-refractivity contribution >= 4 is 22.9 Å². The number of rotatable bonds is 3. The molecule has 4 heteroatoms. The maximum Gasteiger partial charge on any atom is 0.133 e. The molecule has 1 aliphatic carbocycles. The Morgan fingerprint density at radius 3 is 2.38 bits per heavy atom. The zero-order valence-electron chi connectivity index (χ0n) is 9.78. The first-order valence-electron chi connectivity index (χ1n) is 5.88. The Morgan fingerprint density at radius 2 is 1.94 bits per heavy atom. The predicted molar refractivity (Wildman–Crippen MR) is 70.5 cm³/mol. The zero-order valence-corrected chi connectivity index (χ0v) is 10.6. The fourth-order valence-electron chi connectivity index (χ4n) is 2.11. The summed E-state index contributed by atoms with van der Waals surface area (Å²) < 4.78 is 0. The van der Waals surface area contributed by atoms with Crippen molar-refractivity contribution in [2.24, 2.45) is 16.6 Å². The highest BCUT2D eigenvalue weighted by molar-refractivity contribution is 7.80. The van der Waals surface area contributed by atoms with E-state index in [1.807, 2.05) is 6.92 Å². The van der Waals surface area contributed by atoms with Crippen LogP contribution in [0.4, 0.5) is 0 Å². The second-order valence-corrected chi connectivity index (χ2v) is 4.85. The topological polar surface area (TPSA) is 62.2 Å². The third kappa shape index (κ3) is 3.90. The molecule has 0 bridgehead atoms. The number of thiocarbonyl (C=S) groups is 1. The summed E-state index contributed by atoms with van der Waals surface area (Å²) in [4.78, 5) is 4.85. The van der Waals surface area contributed by atoms with E-state index < -0.39 is 5.92 Å². The van der Waals surface area contributed by atoms with E-state index in [1.54, 1.807) is 0 Å². The molecule has 0 aromatic carbocycles. The molecule has 1 rings (SSSR count). The molecule has 0 aromatic heterocycles. The van der Waals surface area contributed by atoms with Crippen molar-refractivity contribution in [1.82, 2.24) is 0 Å². The Kier molecular flexibility index (Phi) is 5.41. The van der Waals surface area contributed by atoms with Crippen LogP contribution in [0.1, 0.15) is 45.4 Å². The molecule has 1 aliphatic rings. The van der Waals surface area contributed by atoms with Crippen LogP contribution < -0.4 is 5.73 Å². The molecular formula is C12H19N3S. The first-order chi connectivity index (χ1) is 7.65. The maximum absolute atomic E-state index is 8.95. The van der Waals surface area contributed by atoms with Gasteiger partial charge >= 0.3 is 0 Å². The first kappa shape index (κ1) is 13.1. The third-order valence-electron chi connectivity index (χ3n) is 3.04. The van der Waals surface area contributed by atoms with Gasteiger partial charge in [0, 0.05) is 11.8 Å². The standard InChI is InChI=1S/C12H19N3S/c1-9(11(8-13)12(14)16)15-10-6-4-2-3-5-7-10/h10-11H,2-7H2,1H3,(H2,14,16). The van der Waals surface area contributed by atoms with Crippen molar-refractivity contribution < 1.29 is 0 Å². The molecule has 16 heavy (non-hydrogen) atoms. The lowest BCUT2D eigenvalue weighted by atomic mass is 10.0. The first-order valence-corrected chi connectivity index (χ1v) is 6.29. The minimum atomic E-state index is -0.488. The van der Waals surface area contributed by atoms with E-state index in [2.05, 4.69) is 11.1 Å². The lowest BCUT2D eigenvalue weighted by Crippen LogP contribution is -2.27. The van der Waals surface area contributed by atoms with Gasteiger partial charge in [0.2, 0.25) is 0 Å². The van der Waals surface area contributed by atoms with Crippen LogP contribution in [0.2, 0.25) is 0 Å². The van der Waals surface area contributed by atoms with Crippen molar-refractivity contribution in [2.45, 2.75) is 51.5 Å². The van der Waals surface area contributed by atoms with Crippen LogP contribution >= 0.6 is 12.2 Å². The van der Waals surface area contributed by atoms with E-state index >= 15 is 0 Å². The molecule has 88 valence electrons. The summed E-state index contributed by atoms with van der Waals surface area (Å²) in [5.74, 6) is -0.488. The summed E-state index contributed by atoms with van der Waals surface area (Å²) in [6.45, 7) is 1.86. The van der Waals surface area contributed by atoms with Gasteiger partial charge < -0.3 is 5.73 Å². The van der Waals surface area contributed by atoms with Crippen LogP contribution in [-0.2, 0) is 0 Å². The van der Waals surface area contributed by atoms with Gasteiger partial charge in [0.05, 0.1) is 11.1 Å². The fourth-order valence-corrected chi connectivity index (χ4v) is 2.34. The second kappa shape index (κ2) is 6.59. The molecule has 2 N–H and O–H groups in total. The normalized spacial score (nSPS) is 20.9. The van der Waals surface area contributed by atoms with E-state index in [-0.39, 0.29) is 4.99 Å². The molecule has 1 saturated carbocycles. The molecule has 0 saturated heterocycles. The largest absolute Gasteiger partial charge is 0.392 e. The summed E-state index contributed by atoms with van der Waals surface area (Å²) >= 11 is 4.86. The Morgan fingerprint density at radius 1 is 1.38 bits per heavy atom. The van der Waals surface area contributed by atoms with Gasteiger partial charge in [0.25, 0.3) is 0 Å². The summed E-state index contributed by atoms with van der Waals surface area (Å²) in [6.07, 6.45) is 7.36. The van der Waals surface area contributed by atoms with Gasteiger partial charge in [-0.1, -0.05) is 37.9 Å². The number of nitrogens with two attached hydrogens (primary N) is 1. The van der Waals surface area contributed by atoms with Crippen molar-refractivity contribution in [3.05, 3.63) is 0 Å². The summed E-state index contributed by atoms with van der Waals surface area (Å²) in [5.41, 5.74) is 6.29. The molecule has 0 aliphatic heterocycles. The van der Waals surface area contributed by atoms with Gasteiger partial charge in [0.15, 0.2) is 0 Å². The van der Waals surface area contributed by atoms with Crippen LogP contribution in [-0.4, -0.2) is 16.7 Å². The highest BCUT2D eigenvalue weighted by Gasteiger charge is 2.17. The van der Waals surface area contributed by atoms with Crippen molar-refractivity contribution in [3.8, 4) is 6.07 Å². The minimum absolute atomic E-state index is 0.234. The highest BCUT2D eigenvalue weighted by Crippen LogP contribution is 2.20. The van der Waals surface area contributed by atoms with Gasteiger partial charge in [-0.15, -0.1) is 0 Å². The number of aliphatic imine (C=N–C) groups is 1. The van der Waals surface area contributed by atoms with Crippen LogP contribution in [0.5, 0.6) is 0 Å². The Labute approximate surface area is 103 Å². The highest BCUT2D eigenvalue weighted by atomic mass is 32.1. The van der Waals surface area contributed by atoms with Crippen LogP contribution in [0.15, 0.2) is 4.99 Å². The van der Waals surface area contributed by atoms with Crippen LogP contribution in [0.3, 0.4) is 0 Å². The predicted octanol–water partition coefficient (Wildman–Crippen LogP) is 2.60. The lowest BCUT2D eigenvalue weighted by molar-refractivity contribution is 0.584. The number of nitrogens with zero attached hydrogens (tertiary/aromatic N) is 2. The van der Waals surface area contributed by atoms with Gasteiger partial charge in [-0.05, 0) is 19.8 Å². The summed E-state index contributed by atoms with van der Waals surface area (Å²) in [6, 6.07) is 2.48. The monoisotopic (exact) mass is 237 g/mol. The minimum Gasteiger partial charge on any atom is -0.392 e. The SMILES string of the molecule is CC(=NC1CCCCCC1)C(C#N)C(N)=S. The quantitative estimate of drug-likeness (QED) is 0.466. The molecule has 0 amide bonds. The van der Waals surface area contributed by atoms with Gasteiger partial charge in [-0.25, -0.2) is 0 Å². The molecule has 3 nitrogen and oxygen atoms in total. The molecule has 1 fully saturated rings. The molecule has 0 spiro atoms. The Hall–Kier alpha value is -0.950. The number of hydrogen-bond donors (Lipinski definition) is 1.